The maximum atomic E-state index is 12.2. The second-order valence-electron chi connectivity index (χ2n) is 5.17. The van der Waals surface area contributed by atoms with E-state index in [1.165, 1.54) is 5.01 Å². The minimum absolute atomic E-state index is 0.0734. The van der Waals surface area contributed by atoms with Crippen molar-refractivity contribution >= 4 is 34.1 Å². The summed E-state index contributed by atoms with van der Waals surface area (Å²) in [6.45, 7) is 1.99. The highest BCUT2D eigenvalue weighted by atomic mass is 16.2. The zero-order valence-electron chi connectivity index (χ0n) is 11.9. The molecule has 0 aliphatic carbocycles. The van der Waals surface area contributed by atoms with Gasteiger partial charge in [0.05, 0.1) is 0 Å². The van der Waals surface area contributed by atoms with Crippen molar-refractivity contribution in [2.75, 3.05) is 12.4 Å². The molecule has 1 aliphatic rings. The first-order valence-electron chi connectivity index (χ1n) is 6.78. The molecule has 6 heteroatoms. The van der Waals surface area contributed by atoms with Gasteiger partial charge >= 0.3 is 0 Å². The van der Waals surface area contributed by atoms with E-state index in [0.29, 0.717) is 24.2 Å². The third kappa shape index (κ3) is 2.65. The molecule has 2 amide bonds. The van der Waals surface area contributed by atoms with Crippen LogP contribution in [0.2, 0.25) is 0 Å². The Kier molecular flexibility index (Phi) is 3.21. The molecule has 21 heavy (non-hydrogen) atoms. The summed E-state index contributed by atoms with van der Waals surface area (Å²) < 4.78 is 0. The lowest BCUT2D eigenvalue weighted by Crippen LogP contribution is -2.34. The largest absolute Gasteiger partial charge is 0.359 e. The molecule has 1 aromatic carbocycles. The van der Waals surface area contributed by atoms with E-state index in [1.807, 2.05) is 31.2 Å². The van der Waals surface area contributed by atoms with Crippen LogP contribution in [0.1, 0.15) is 18.5 Å². The van der Waals surface area contributed by atoms with Gasteiger partial charge in [-0.25, -0.2) is 5.01 Å². The highest BCUT2D eigenvalue weighted by molar-refractivity contribution is 6.43. The summed E-state index contributed by atoms with van der Waals surface area (Å²) in [6, 6.07) is 7.70. The molecule has 0 fully saturated rings. The number of amides is 2. The van der Waals surface area contributed by atoms with Gasteiger partial charge in [0.2, 0.25) is 5.91 Å². The summed E-state index contributed by atoms with van der Waals surface area (Å²) in [7, 11) is 1.56. The van der Waals surface area contributed by atoms with Gasteiger partial charge in [0.15, 0.2) is 0 Å². The summed E-state index contributed by atoms with van der Waals surface area (Å²) in [5.41, 5.74) is 3.20. The van der Waals surface area contributed by atoms with E-state index in [0.717, 1.165) is 16.6 Å². The summed E-state index contributed by atoms with van der Waals surface area (Å²) in [5, 5.41) is 9.10. The van der Waals surface area contributed by atoms with Crippen LogP contribution in [0.15, 0.2) is 29.4 Å². The van der Waals surface area contributed by atoms with Gasteiger partial charge < -0.3 is 10.3 Å². The van der Waals surface area contributed by atoms with Gasteiger partial charge in [0, 0.05) is 42.2 Å². The molecule has 1 aromatic heterocycles. The number of rotatable bonds is 2. The Labute approximate surface area is 121 Å². The zero-order chi connectivity index (χ0) is 15.0. The predicted octanol–water partition coefficient (Wildman–Crippen LogP) is 2.02. The van der Waals surface area contributed by atoms with Crippen LogP contribution in [0.25, 0.3) is 10.9 Å². The van der Waals surface area contributed by atoms with Crippen molar-refractivity contribution in [3.05, 3.63) is 30.0 Å². The molecule has 108 valence electrons. The van der Waals surface area contributed by atoms with Crippen LogP contribution in [0.3, 0.4) is 0 Å². The number of hydrogen-bond acceptors (Lipinski definition) is 3. The Bertz CT molecular complexity index is 760. The monoisotopic (exact) mass is 284 g/mol. The SMILES string of the molecule is Cc1cc2cc(NC(=O)C3=NN(C)C(=O)CC3)ccc2[nH]1. The molecule has 0 unspecified atom stereocenters. The molecule has 2 aromatic rings. The van der Waals surface area contributed by atoms with Gasteiger partial charge in [-0.2, -0.15) is 5.10 Å². The molecule has 2 heterocycles. The van der Waals surface area contributed by atoms with Crippen molar-refractivity contribution in [1.82, 2.24) is 9.99 Å². The Morgan fingerprint density at radius 1 is 1.33 bits per heavy atom. The summed E-state index contributed by atoms with van der Waals surface area (Å²) in [6.07, 6.45) is 0.694. The first-order valence-corrected chi connectivity index (χ1v) is 6.78. The van der Waals surface area contributed by atoms with Gasteiger partial charge in [-0.15, -0.1) is 0 Å². The predicted molar refractivity (Wildman–Crippen MR) is 81.1 cm³/mol. The number of nitrogens with one attached hydrogen (secondary N) is 2. The van der Waals surface area contributed by atoms with Crippen LogP contribution >= 0.6 is 0 Å². The minimum atomic E-state index is -0.263. The third-order valence-corrected chi connectivity index (χ3v) is 3.48. The van der Waals surface area contributed by atoms with E-state index in [4.69, 9.17) is 0 Å². The first-order chi connectivity index (χ1) is 10.0. The molecule has 0 spiro atoms. The molecular weight excluding hydrogens is 268 g/mol. The molecule has 1 aliphatic heterocycles. The number of nitrogens with zero attached hydrogens (tertiary/aromatic N) is 2. The lowest BCUT2D eigenvalue weighted by atomic mass is 10.1. The topological polar surface area (TPSA) is 77.6 Å². The number of fused-ring (bicyclic) bond motifs is 1. The fourth-order valence-corrected chi connectivity index (χ4v) is 2.39. The summed E-state index contributed by atoms with van der Waals surface area (Å²) >= 11 is 0. The number of aromatic amines is 1. The van der Waals surface area contributed by atoms with Crippen molar-refractivity contribution in [3.8, 4) is 0 Å². The van der Waals surface area contributed by atoms with E-state index in [1.54, 1.807) is 7.05 Å². The number of anilines is 1. The Morgan fingerprint density at radius 3 is 2.90 bits per heavy atom. The zero-order valence-corrected chi connectivity index (χ0v) is 11.9. The molecule has 0 bridgehead atoms. The molecule has 2 N–H and O–H groups in total. The number of carbonyl (C=O) groups is 2. The number of aryl methyl sites for hydroxylation is 1. The average molecular weight is 284 g/mol. The van der Waals surface area contributed by atoms with Crippen molar-refractivity contribution in [3.63, 3.8) is 0 Å². The van der Waals surface area contributed by atoms with Gasteiger partial charge in [0.1, 0.15) is 5.71 Å². The number of hydrogen-bond donors (Lipinski definition) is 2. The maximum absolute atomic E-state index is 12.2. The number of H-pyrrole nitrogens is 1. The highest BCUT2D eigenvalue weighted by Gasteiger charge is 2.21. The van der Waals surface area contributed by atoms with E-state index in [-0.39, 0.29) is 11.8 Å². The van der Waals surface area contributed by atoms with Crippen molar-refractivity contribution in [1.29, 1.82) is 0 Å². The molecule has 0 saturated carbocycles. The standard InChI is InChI=1S/C15H16N4O2/c1-9-7-10-8-11(3-4-12(10)16-9)17-15(21)13-5-6-14(20)19(2)18-13/h3-4,7-8,16H,5-6H2,1-2H3,(H,17,21). The smallest absolute Gasteiger partial charge is 0.271 e. The van der Waals surface area contributed by atoms with E-state index >= 15 is 0 Å². The normalized spacial score (nSPS) is 15.2. The summed E-state index contributed by atoms with van der Waals surface area (Å²) in [5.74, 6) is -0.336. The Hall–Kier alpha value is -2.63. The maximum Gasteiger partial charge on any atom is 0.271 e. The molecule has 3 rings (SSSR count). The first kappa shape index (κ1) is 13.4. The number of benzene rings is 1. The van der Waals surface area contributed by atoms with E-state index in [2.05, 4.69) is 15.4 Å². The van der Waals surface area contributed by atoms with Crippen LogP contribution in [-0.4, -0.2) is 34.6 Å². The van der Waals surface area contributed by atoms with Gasteiger partial charge in [-0.1, -0.05) is 0 Å². The number of aromatic nitrogens is 1. The molecule has 0 atom stereocenters. The van der Waals surface area contributed by atoms with Crippen LogP contribution in [0.5, 0.6) is 0 Å². The van der Waals surface area contributed by atoms with Crippen LogP contribution in [0, 0.1) is 6.92 Å². The quantitative estimate of drug-likeness (QED) is 0.885. The highest BCUT2D eigenvalue weighted by Crippen LogP contribution is 2.20. The number of hydrazone groups is 1. The van der Waals surface area contributed by atoms with Crippen molar-refractivity contribution in [2.45, 2.75) is 19.8 Å². The molecule has 6 nitrogen and oxygen atoms in total. The lowest BCUT2D eigenvalue weighted by Gasteiger charge is -2.18. The molecular formula is C15H16N4O2. The van der Waals surface area contributed by atoms with Crippen LogP contribution in [-0.2, 0) is 9.59 Å². The third-order valence-electron chi connectivity index (χ3n) is 3.48. The Balaban J connectivity index is 1.80. The van der Waals surface area contributed by atoms with Gasteiger partial charge in [-0.3, -0.25) is 9.59 Å². The lowest BCUT2D eigenvalue weighted by molar-refractivity contribution is -0.130. The van der Waals surface area contributed by atoms with Crippen LogP contribution in [0.4, 0.5) is 5.69 Å². The molecule has 0 radical (unpaired) electrons. The molecule has 0 saturated heterocycles. The second-order valence-corrected chi connectivity index (χ2v) is 5.17. The fourth-order valence-electron chi connectivity index (χ4n) is 2.39. The van der Waals surface area contributed by atoms with E-state index in [9.17, 15) is 9.59 Å². The average Bonchev–Trinajstić information content (AvgIpc) is 2.81. The van der Waals surface area contributed by atoms with Gasteiger partial charge in [0.25, 0.3) is 5.91 Å². The van der Waals surface area contributed by atoms with Crippen molar-refractivity contribution in [2.24, 2.45) is 5.10 Å². The summed E-state index contributed by atoms with van der Waals surface area (Å²) in [4.78, 5) is 26.8. The van der Waals surface area contributed by atoms with Crippen molar-refractivity contribution < 1.29 is 9.59 Å². The van der Waals surface area contributed by atoms with Gasteiger partial charge in [-0.05, 0) is 31.2 Å². The minimum Gasteiger partial charge on any atom is -0.359 e. The fraction of sp³-hybridized carbons (Fsp3) is 0.267. The number of carbonyl (C=O) groups excluding carboxylic acids is 2. The second kappa shape index (κ2) is 5.05. The van der Waals surface area contributed by atoms with E-state index < -0.39 is 0 Å². The Morgan fingerprint density at radius 2 is 2.14 bits per heavy atom. The van der Waals surface area contributed by atoms with Crippen LogP contribution < -0.4 is 5.32 Å².